The lowest BCUT2D eigenvalue weighted by atomic mass is 10.1. The fourth-order valence-corrected chi connectivity index (χ4v) is 4.51. The average Bonchev–Trinajstić information content (AvgIpc) is 3.25. The van der Waals surface area contributed by atoms with Gasteiger partial charge in [-0.25, -0.2) is 12.8 Å². The Kier molecular flexibility index (Phi) is 5.38. The number of aromatic nitrogens is 2. The Bertz CT molecular complexity index is 1130. The van der Waals surface area contributed by atoms with Gasteiger partial charge in [-0.05, 0) is 55.3 Å². The standard InChI is InChI=1S/C20H18ClFN4O2S/c21-17-13-16(6-7-18(17)22)29(27,28)25-15-5-3-4-14(12-15)19-8-9-20(24-23-19)26-10-1-2-11-26/h3-9,12-13,25H,1-2,10-11H2. The Morgan fingerprint density at radius 2 is 1.79 bits per heavy atom. The summed E-state index contributed by atoms with van der Waals surface area (Å²) < 4.78 is 41.0. The van der Waals surface area contributed by atoms with Crippen LogP contribution in [0.2, 0.25) is 5.02 Å². The summed E-state index contributed by atoms with van der Waals surface area (Å²) >= 11 is 5.70. The number of nitrogens with one attached hydrogen (secondary N) is 1. The van der Waals surface area contributed by atoms with Crippen LogP contribution in [0, 0.1) is 5.82 Å². The fraction of sp³-hybridized carbons (Fsp3) is 0.200. The van der Waals surface area contributed by atoms with Crippen molar-refractivity contribution >= 4 is 33.1 Å². The molecule has 6 nitrogen and oxygen atoms in total. The Labute approximate surface area is 173 Å². The SMILES string of the molecule is O=S(=O)(Nc1cccc(-c2ccc(N3CCCC3)nn2)c1)c1ccc(F)c(Cl)c1. The number of anilines is 2. The van der Waals surface area contributed by atoms with Crippen molar-refractivity contribution in [2.24, 2.45) is 0 Å². The molecule has 1 aliphatic heterocycles. The van der Waals surface area contributed by atoms with E-state index in [9.17, 15) is 12.8 Å². The van der Waals surface area contributed by atoms with Crippen LogP contribution in [0.1, 0.15) is 12.8 Å². The number of rotatable bonds is 5. The number of benzene rings is 2. The topological polar surface area (TPSA) is 75.2 Å². The Morgan fingerprint density at radius 3 is 2.48 bits per heavy atom. The molecule has 2 heterocycles. The zero-order valence-electron chi connectivity index (χ0n) is 15.3. The first-order valence-electron chi connectivity index (χ1n) is 9.09. The Morgan fingerprint density at radius 1 is 1.00 bits per heavy atom. The minimum atomic E-state index is -3.91. The van der Waals surface area contributed by atoms with Gasteiger partial charge in [0.05, 0.1) is 15.6 Å². The number of hydrogen-bond acceptors (Lipinski definition) is 5. The van der Waals surface area contributed by atoms with E-state index in [0.29, 0.717) is 11.4 Å². The third kappa shape index (κ3) is 4.33. The lowest BCUT2D eigenvalue weighted by molar-refractivity contribution is 0.599. The van der Waals surface area contributed by atoms with Crippen LogP contribution < -0.4 is 9.62 Å². The second-order valence-corrected chi connectivity index (χ2v) is 8.82. The summed E-state index contributed by atoms with van der Waals surface area (Å²) in [5.74, 6) is 0.167. The van der Waals surface area contributed by atoms with Crippen molar-refractivity contribution in [2.45, 2.75) is 17.7 Å². The van der Waals surface area contributed by atoms with E-state index in [1.165, 1.54) is 0 Å². The highest BCUT2D eigenvalue weighted by atomic mass is 35.5. The number of halogens is 2. The molecule has 1 N–H and O–H groups in total. The highest BCUT2D eigenvalue weighted by Crippen LogP contribution is 2.26. The summed E-state index contributed by atoms with van der Waals surface area (Å²) in [5, 5.41) is 8.32. The van der Waals surface area contributed by atoms with Gasteiger partial charge in [-0.2, -0.15) is 0 Å². The van der Waals surface area contributed by atoms with E-state index in [-0.39, 0.29) is 9.92 Å². The highest BCUT2D eigenvalue weighted by molar-refractivity contribution is 7.92. The largest absolute Gasteiger partial charge is 0.355 e. The average molecular weight is 433 g/mol. The zero-order valence-corrected chi connectivity index (χ0v) is 16.9. The van der Waals surface area contributed by atoms with Gasteiger partial charge in [-0.3, -0.25) is 4.72 Å². The lowest BCUT2D eigenvalue weighted by Gasteiger charge is -2.15. The van der Waals surface area contributed by atoms with Crippen LogP contribution in [0.15, 0.2) is 59.5 Å². The van der Waals surface area contributed by atoms with E-state index in [4.69, 9.17) is 11.6 Å². The molecule has 0 saturated carbocycles. The van der Waals surface area contributed by atoms with Crippen LogP contribution >= 0.6 is 11.6 Å². The first kappa shape index (κ1) is 19.6. The second kappa shape index (κ2) is 7.96. The lowest BCUT2D eigenvalue weighted by Crippen LogP contribution is -2.19. The molecule has 29 heavy (non-hydrogen) atoms. The summed E-state index contributed by atoms with van der Waals surface area (Å²) in [6.07, 6.45) is 2.32. The molecule has 1 saturated heterocycles. The summed E-state index contributed by atoms with van der Waals surface area (Å²) in [5.41, 5.74) is 1.72. The molecule has 1 aromatic heterocycles. The fourth-order valence-electron chi connectivity index (χ4n) is 3.19. The van der Waals surface area contributed by atoms with E-state index in [0.717, 1.165) is 55.5 Å². The molecular weight excluding hydrogens is 415 g/mol. The molecule has 0 aliphatic carbocycles. The molecule has 0 amide bonds. The summed E-state index contributed by atoms with van der Waals surface area (Å²) in [6, 6.07) is 13.9. The van der Waals surface area contributed by atoms with Crippen LogP contribution in [0.25, 0.3) is 11.3 Å². The van der Waals surface area contributed by atoms with Crippen LogP contribution in [-0.4, -0.2) is 31.7 Å². The van der Waals surface area contributed by atoms with Crippen molar-refractivity contribution in [3.05, 3.63) is 65.4 Å². The molecule has 150 valence electrons. The first-order chi connectivity index (χ1) is 13.9. The van der Waals surface area contributed by atoms with Gasteiger partial charge in [0.1, 0.15) is 5.82 Å². The van der Waals surface area contributed by atoms with Crippen molar-refractivity contribution < 1.29 is 12.8 Å². The maximum absolute atomic E-state index is 13.3. The first-order valence-corrected chi connectivity index (χ1v) is 11.0. The van der Waals surface area contributed by atoms with Gasteiger partial charge in [0, 0.05) is 24.3 Å². The molecule has 0 radical (unpaired) electrons. The molecule has 0 unspecified atom stereocenters. The van der Waals surface area contributed by atoms with Crippen molar-refractivity contribution in [2.75, 3.05) is 22.7 Å². The van der Waals surface area contributed by atoms with E-state index in [2.05, 4.69) is 19.8 Å². The predicted molar refractivity (Wildman–Crippen MR) is 111 cm³/mol. The Balaban J connectivity index is 1.56. The van der Waals surface area contributed by atoms with Gasteiger partial charge in [-0.1, -0.05) is 23.7 Å². The van der Waals surface area contributed by atoms with Gasteiger partial charge in [0.15, 0.2) is 5.82 Å². The predicted octanol–water partition coefficient (Wildman–Crippen LogP) is 4.34. The maximum Gasteiger partial charge on any atom is 0.261 e. The molecule has 0 atom stereocenters. The second-order valence-electron chi connectivity index (χ2n) is 6.73. The molecular formula is C20H18ClFN4O2S. The zero-order chi connectivity index (χ0) is 20.4. The molecule has 1 fully saturated rings. The Hall–Kier alpha value is -2.71. The van der Waals surface area contributed by atoms with E-state index < -0.39 is 15.8 Å². The number of nitrogens with zero attached hydrogens (tertiary/aromatic N) is 3. The van der Waals surface area contributed by atoms with Crippen molar-refractivity contribution in [3.63, 3.8) is 0 Å². The molecule has 4 rings (SSSR count). The van der Waals surface area contributed by atoms with Crippen LogP contribution in [0.4, 0.5) is 15.9 Å². The summed E-state index contributed by atoms with van der Waals surface area (Å²) in [4.78, 5) is 2.07. The molecule has 9 heteroatoms. The van der Waals surface area contributed by atoms with Gasteiger partial charge >= 0.3 is 0 Å². The number of sulfonamides is 1. The van der Waals surface area contributed by atoms with Crippen molar-refractivity contribution in [1.82, 2.24) is 10.2 Å². The highest BCUT2D eigenvalue weighted by Gasteiger charge is 2.17. The van der Waals surface area contributed by atoms with Crippen LogP contribution in [-0.2, 0) is 10.0 Å². The van der Waals surface area contributed by atoms with E-state index >= 15 is 0 Å². The molecule has 1 aliphatic rings. The van der Waals surface area contributed by atoms with Crippen LogP contribution in [0.3, 0.4) is 0 Å². The molecule has 0 spiro atoms. The maximum atomic E-state index is 13.3. The van der Waals surface area contributed by atoms with Gasteiger partial charge in [-0.15, -0.1) is 10.2 Å². The van der Waals surface area contributed by atoms with Gasteiger partial charge < -0.3 is 4.90 Å². The van der Waals surface area contributed by atoms with Gasteiger partial charge in [0.2, 0.25) is 0 Å². The molecule has 3 aromatic rings. The third-order valence-electron chi connectivity index (χ3n) is 4.69. The monoisotopic (exact) mass is 432 g/mol. The van der Waals surface area contributed by atoms with E-state index in [1.54, 1.807) is 18.2 Å². The minimum absolute atomic E-state index is 0.121. The van der Waals surface area contributed by atoms with Crippen LogP contribution in [0.5, 0.6) is 0 Å². The molecule has 2 aromatic carbocycles. The minimum Gasteiger partial charge on any atom is -0.355 e. The summed E-state index contributed by atoms with van der Waals surface area (Å²) in [7, 11) is -3.91. The molecule has 0 bridgehead atoms. The smallest absolute Gasteiger partial charge is 0.261 e. The summed E-state index contributed by atoms with van der Waals surface area (Å²) in [6.45, 7) is 1.97. The quantitative estimate of drug-likeness (QED) is 0.649. The normalized spacial score (nSPS) is 14.2. The number of hydrogen-bond donors (Lipinski definition) is 1. The third-order valence-corrected chi connectivity index (χ3v) is 6.36. The van der Waals surface area contributed by atoms with Gasteiger partial charge in [0.25, 0.3) is 10.0 Å². The van der Waals surface area contributed by atoms with Crippen molar-refractivity contribution in [1.29, 1.82) is 0 Å². The van der Waals surface area contributed by atoms with Crippen molar-refractivity contribution in [3.8, 4) is 11.3 Å². The van der Waals surface area contributed by atoms with E-state index in [1.807, 2.05) is 18.2 Å².